The van der Waals surface area contributed by atoms with E-state index in [0.29, 0.717) is 24.0 Å². The van der Waals surface area contributed by atoms with Crippen LogP contribution in [0.15, 0.2) is 42.5 Å². The van der Waals surface area contributed by atoms with E-state index in [2.05, 4.69) is 5.32 Å². The maximum atomic E-state index is 13.1. The van der Waals surface area contributed by atoms with E-state index in [-0.39, 0.29) is 25.0 Å². The lowest BCUT2D eigenvalue weighted by Gasteiger charge is -2.29. The average Bonchev–Trinajstić information content (AvgIpc) is 2.73. The van der Waals surface area contributed by atoms with Crippen molar-refractivity contribution >= 4 is 11.8 Å². The van der Waals surface area contributed by atoms with Gasteiger partial charge < -0.3 is 19.7 Å². The molecule has 0 fully saturated rings. The zero-order valence-electron chi connectivity index (χ0n) is 19.4. The van der Waals surface area contributed by atoms with Gasteiger partial charge in [0.25, 0.3) is 5.91 Å². The Labute approximate surface area is 185 Å². The highest BCUT2D eigenvalue weighted by Gasteiger charge is 2.26. The number of carbonyl (C=O) groups excluding carboxylic acids is 2. The predicted octanol–water partition coefficient (Wildman–Crippen LogP) is 3.88. The van der Waals surface area contributed by atoms with Gasteiger partial charge in [-0.1, -0.05) is 32.0 Å². The number of hydrogen-bond donors (Lipinski definition) is 1. The Balaban J connectivity index is 2.17. The Morgan fingerprint density at radius 3 is 2.29 bits per heavy atom. The molecule has 2 aromatic carbocycles. The standard InChI is InChI=1S/C25H34N2O4/c1-17(2)14-26-25(29)20(5)27(15-21-8-7-9-22(13-21)30-6)24(28)16-31-23-11-18(3)10-19(4)12-23/h7-13,17,20H,14-16H2,1-6H3,(H,26,29)/t20-/m0/s1. The van der Waals surface area contributed by atoms with E-state index in [0.717, 1.165) is 16.7 Å². The fraction of sp³-hybridized carbons (Fsp3) is 0.440. The van der Waals surface area contributed by atoms with Gasteiger partial charge in [-0.05, 0) is 67.6 Å². The quantitative estimate of drug-likeness (QED) is 0.626. The molecule has 0 aliphatic heterocycles. The summed E-state index contributed by atoms with van der Waals surface area (Å²) in [5.41, 5.74) is 3.01. The first-order valence-electron chi connectivity index (χ1n) is 10.6. The monoisotopic (exact) mass is 426 g/mol. The lowest BCUT2D eigenvalue weighted by Crippen LogP contribution is -2.49. The number of benzene rings is 2. The van der Waals surface area contributed by atoms with Crippen LogP contribution in [0, 0.1) is 19.8 Å². The van der Waals surface area contributed by atoms with Gasteiger partial charge in [0.2, 0.25) is 5.91 Å². The number of rotatable bonds is 10. The minimum atomic E-state index is -0.639. The number of carbonyl (C=O) groups is 2. The highest BCUT2D eigenvalue weighted by atomic mass is 16.5. The van der Waals surface area contributed by atoms with Gasteiger partial charge in [-0.2, -0.15) is 0 Å². The van der Waals surface area contributed by atoms with Crippen LogP contribution in [-0.2, 0) is 16.1 Å². The van der Waals surface area contributed by atoms with Crippen LogP contribution >= 0.6 is 0 Å². The lowest BCUT2D eigenvalue weighted by molar-refractivity contribution is -0.142. The number of nitrogens with zero attached hydrogens (tertiary/aromatic N) is 1. The van der Waals surface area contributed by atoms with E-state index in [1.54, 1.807) is 18.9 Å². The molecule has 2 amide bonds. The van der Waals surface area contributed by atoms with Crippen molar-refractivity contribution in [2.75, 3.05) is 20.3 Å². The molecule has 0 aliphatic carbocycles. The van der Waals surface area contributed by atoms with Crippen LogP contribution in [0.5, 0.6) is 11.5 Å². The highest BCUT2D eigenvalue weighted by Crippen LogP contribution is 2.18. The molecule has 168 valence electrons. The van der Waals surface area contributed by atoms with Gasteiger partial charge in [-0.15, -0.1) is 0 Å². The van der Waals surface area contributed by atoms with E-state index in [1.807, 2.05) is 70.2 Å². The minimum absolute atomic E-state index is 0.144. The van der Waals surface area contributed by atoms with Crippen LogP contribution in [0.4, 0.5) is 0 Å². The van der Waals surface area contributed by atoms with Crippen LogP contribution in [0.3, 0.4) is 0 Å². The van der Waals surface area contributed by atoms with Crippen molar-refractivity contribution in [1.82, 2.24) is 10.2 Å². The van der Waals surface area contributed by atoms with Gasteiger partial charge in [0.05, 0.1) is 7.11 Å². The van der Waals surface area contributed by atoms with E-state index >= 15 is 0 Å². The first kappa shape index (κ1) is 24.3. The summed E-state index contributed by atoms with van der Waals surface area (Å²) >= 11 is 0. The average molecular weight is 427 g/mol. The molecule has 1 N–H and O–H groups in total. The largest absolute Gasteiger partial charge is 0.497 e. The van der Waals surface area contributed by atoms with Gasteiger partial charge in [0.15, 0.2) is 6.61 Å². The topological polar surface area (TPSA) is 67.9 Å². The summed E-state index contributed by atoms with van der Waals surface area (Å²) in [5.74, 6) is 1.23. The van der Waals surface area contributed by atoms with Gasteiger partial charge in [-0.25, -0.2) is 0 Å². The molecule has 0 saturated carbocycles. The molecule has 1 atom stereocenters. The van der Waals surface area contributed by atoms with Crippen LogP contribution < -0.4 is 14.8 Å². The zero-order chi connectivity index (χ0) is 23.0. The summed E-state index contributed by atoms with van der Waals surface area (Å²) in [4.78, 5) is 27.4. The third-order valence-corrected chi connectivity index (χ3v) is 4.90. The van der Waals surface area contributed by atoms with Crippen molar-refractivity contribution < 1.29 is 19.1 Å². The summed E-state index contributed by atoms with van der Waals surface area (Å²) < 4.78 is 11.1. The van der Waals surface area contributed by atoms with Crippen LogP contribution in [-0.4, -0.2) is 43.0 Å². The van der Waals surface area contributed by atoms with E-state index < -0.39 is 6.04 Å². The molecule has 0 radical (unpaired) electrons. The third kappa shape index (κ3) is 7.63. The number of hydrogen-bond acceptors (Lipinski definition) is 4. The van der Waals surface area contributed by atoms with Gasteiger partial charge >= 0.3 is 0 Å². The summed E-state index contributed by atoms with van der Waals surface area (Å²) in [7, 11) is 1.60. The highest BCUT2D eigenvalue weighted by molar-refractivity contribution is 5.88. The number of ether oxygens (including phenoxy) is 2. The molecule has 6 nitrogen and oxygen atoms in total. The number of aryl methyl sites for hydroxylation is 2. The van der Waals surface area contributed by atoms with Crippen molar-refractivity contribution in [3.63, 3.8) is 0 Å². The Morgan fingerprint density at radius 2 is 1.68 bits per heavy atom. The summed E-state index contributed by atoms with van der Waals surface area (Å²) in [5, 5.41) is 2.92. The number of amides is 2. The SMILES string of the molecule is COc1cccc(CN(C(=O)COc2cc(C)cc(C)c2)[C@@H](C)C(=O)NCC(C)C)c1. The van der Waals surface area contributed by atoms with E-state index in [1.165, 1.54) is 0 Å². The third-order valence-electron chi connectivity index (χ3n) is 4.90. The fourth-order valence-electron chi connectivity index (χ4n) is 3.25. The van der Waals surface area contributed by atoms with E-state index in [9.17, 15) is 9.59 Å². The smallest absolute Gasteiger partial charge is 0.261 e. The summed E-state index contributed by atoms with van der Waals surface area (Å²) in [6.07, 6.45) is 0. The van der Waals surface area contributed by atoms with Crippen molar-refractivity contribution in [1.29, 1.82) is 0 Å². The molecule has 0 aromatic heterocycles. The van der Waals surface area contributed by atoms with Crippen molar-refractivity contribution in [2.45, 2.75) is 47.2 Å². The molecular weight excluding hydrogens is 392 g/mol. The lowest BCUT2D eigenvalue weighted by atomic mass is 10.1. The molecule has 0 spiro atoms. The molecule has 6 heteroatoms. The van der Waals surface area contributed by atoms with Crippen molar-refractivity contribution in [3.05, 3.63) is 59.2 Å². The van der Waals surface area contributed by atoms with Crippen molar-refractivity contribution in [3.8, 4) is 11.5 Å². The minimum Gasteiger partial charge on any atom is -0.497 e. The summed E-state index contributed by atoms with van der Waals surface area (Å²) in [6.45, 7) is 10.5. The first-order chi connectivity index (χ1) is 14.7. The molecule has 0 heterocycles. The normalized spacial score (nSPS) is 11.7. The molecule has 0 saturated heterocycles. The van der Waals surface area contributed by atoms with Gasteiger partial charge in [0.1, 0.15) is 17.5 Å². The Hall–Kier alpha value is -3.02. The Bertz CT molecular complexity index is 875. The predicted molar refractivity (Wildman–Crippen MR) is 122 cm³/mol. The van der Waals surface area contributed by atoms with Crippen LogP contribution in [0.2, 0.25) is 0 Å². The molecule has 0 unspecified atom stereocenters. The Kier molecular flexibility index (Phi) is 8.91. The second-order valence-corrected chi connectivity index (χ2v) is 8.30. The molecular formula is C25H34N2O4. The van der Waals surface area contributed by atoms with Gasteiger partial charge in [0, 0.05) is 13.1 Å². The first-order valence-corrected chi connectivity index (χ1v) is 10.6. The van der Waals surface area contributed by atoms with Gasteiger partial charge in [-0.3, -0.25) is 9.59 Å². The maximum absolute atomic E-state index is 13.1. The van der Waals surface area contributed by atoms with E-state index in [4.69, 9.17) is 9.47 Å². The number of nitrogens with one attached hydrogen (secondary N) is 1. The molecule has 0 aliphatic rings. The Morgan fingerprint density at radius 1 is 1.00 bits per heavy atom. The molecule has 2 aromatic rings. The summed E-state index contributed by atoms with van der Waals surface area (Å²) in [6, 6.07) is 12.7. The molecule has 31 heavy (non-hydrogen) atoms. The fourth-order valence-corrected chi connectivity index (χ4v) is 3.25. The second-order valence-electron chi connectivity index (χ2n) is 8.30. The second kappa shape index (κ2) is 11.4. The van der Waals surface area contributed by atoms with Crippen LogP contribution in [0.1, 0.15) is 37.5 Å². The molecule has 2 rings (SSSR count). The zero-order valence-corrected chi connectivity index (χ0v) is 19.4. The maximum Gasteiger partial charge on any atom is 0.261 e. The molecule has 0 bridgehead atoms. The van der Waals surface area contributed by atoms with Crippen LogP contribution in [0.25, 0.3) is 0 Å². The number of methoxy groups -OCH3 is 1. The van der Waals surface area contributed by atoms with Crippen molar-refractivity contribution in [2.24, 2.45) is 5.92 Å².